The van der Waals surface area contributed by atoms with Crippen LogP contribution in [-0.4, -0.2) is 52.7 Å². The summed E-state index contributed by atoms with van der Waals surface area (Å²) in [6.07, 6.45) is 2.22. The summed E-state index contributed by atoms with van der Waals surface area (Å²) in [5, 5.41) is 10.3. The molecule has 2 atom stereocenters. The lowest BCUT2D eigenvalue weighted by atomic mass is 10.2. The quantitative estimate of drug-likeness (QED) is 0.735. The highest BCUT2D eigenvalue weighted by molar-refractivity contribution is 8.00. The molecule has 0 radical (unpaired) electrons. The van der Waals surface area contributed by atoms with Gasteiger partial charge in [-0.25, -0.2) is 4.98 Å². The maximum Gasteiger partial charge on any atom is 0.233 e. The Morgan fingerprint density at radius 2 is 2.28 bits per heavy atom. The van der Waals surface area contributed by atoms with Crippen molar-refractivity contribution in [1.82, 2.24) is 20.5 Å². The number of methoxy groups -OCH3 is 1. The smallest absolute Gasteiger partial charge is 0.233 e. The van der Waals surface area contributed by atoms with Gasteiger partial charge in [0.05, 0.1) is 18.5 Å². The first kappa shape index (κ1) is 17.8. The third kappa shape index (κ3) is 4.73. The number of ether oxygens (including phenoxy) is 2. The van der Waals surface area contributed by atoms with Gasteiger partial charge in [-0.3, -0.25) is 9.89 Å². The molecule has 3 rings (SSSR count). The first-order valence-corrected chi connectivity index (χ1v) is 9.16. The lowest BCUT2D eigenvalue weighted by molar-refractivity contribution is -0.120. The molecular weight excluding hydrogens is 340 g/mol. The Kier molecular flexibility index (Phi) is 5.93. The molecule has 8 heteroatoms. The average molecular weight is 362 g/mol. The minimum Gasteiger partial charge on any atom is -0.497 e. The van der Waals surface area contributed by atoms with Crippen molar-refractivity contribution in [2.24, 2.45) is 0 Å². The topological polar surface area (TPSA) is 89.1 Å². The van der Waals surface area contributed by atoms with Crippen LogP contribution in [0.25, 0.3) is 11.4 Å². The van der Waals surface area contributed by atoms with Crippen LogP contribution < -0.4 is 10.1 Å². The van der Waals surface area contributed by atoms with Gasteiger partial charge in [-0.1, -0.05) is 11.8 Å². The average Bonchev–Trinajstić information content (AvgIpc) is 3.31. The number of rotatable bonds is 7. The molecule has 0 saturated carbocycles. The molecule has 0 unspecified atom stereocenters. The molecule has 1 aromatic heterocycles. The summed E-state index contributed by atoms with van der Waals surface area (Å²) in [4.78, 5) is 16.6. The Bertz CT molecular complexity index is 698. The second-order valence-corrected chi connectivity index (χ2v) is 7.14. The molecule has 1 aromatic carbocycles. The Labute approximate surface area is 150 Å². The second-order valence-electron chi connectivity index (χ2n) is 5.84. The van der Waals surface area contributed by atoms with E-state index in [1.54, 1.807) is 7.11 Å². The Balaban J connectivity index is 1.53. The number of H-pyrrole nitrogens is 1. The number of aromatic nitrogens is 3. The van der Waals surface area contributed by atoms with Crippen LogP contribution >= 0.6 is 11.8 Å². The molecule has 2 heterocycles. The number of carbonyl (C=O) groups excluding carboxylic acids is 1. The number of amides is 1. The summed E-state index contributed by atoms with van der Waals surface area (Å²) < 4.78 is 10.7. The number of thioether (sulfide) groups is 1. The van der Waals surface area contributed by atoms with Crippen LogP contribution in [-0.2, 0) is 9.53 Å². The van der Waals surface area contributed by atoms with Gasteiger partial charge >= 0.3 is 0 Å². The van der Waals surface area contributed by atoms with E-state index >= 15 is 0 Å². The highest BCUT2D eigenvalue weighted by Crippen LogP contribution is 2.24. The lowest BCUT2D eigenvalue weighted by Gasteiger charge is -2.13. The van der Waals surface area contributed by atoms with Crippen molar-refractivity contribution in [1.29, 1.82) is 0 Å². The Morgan fingerprint density at radius 3 is 2.96 bits per heavy atom. The van der Waals surface area contributed by atoms with E-state index in [4.69, 9.17) is 9.47 Å². The molecule has 1 amide bonds. The second kappa shape index (κ2) is 8.35. The monoisotopic (exact) mass is 362 g/mol. The fraction of sp³-hybridized carbons (Fsp3) is 0.471. The van der Waals surface area contributed by atoms with Gasteiger partial charge in [0.15, 0.2) is 5.82 Å². The SMILES string of the molecule is COc1ccc(-c2nc(S[C@@H](C)C(=O)NC[C@H]3CCCO3)n[nH]2)cc1. The molecule has 0 spiro atoms. The molecule has 1 saturated heterocycles. The van der Waals surface area contributed by atoms with Crippen molar-refractivity contribution in [2.75, 3.05) is 20.3 Å². The Morgan fingerprint density at radius 1 is 1.48 bits per heavy atom. The molecule has 25 heavy (non-hydrogen) atoms. The van der Waals surface area contributed by atoms with Crippen LogP contribution in [0.15, 0.2) is 29.4 Å². The molecule has 134 valence electrons. The maximum atomic E-state index is 12.2. The first-order valence-electron chi connectivity index (χ1n) is 8.28. The van der Waals surface area contributed by atoms with E-state index in [-0.39, 0.29) is 17.3 Å². The van der Waals surface area contributed by atoms with E-state index < -0.39 is 0 Å². The molecule has 2 N–H and O–H groups in total. The van der Waals surface area contributed by atoms with Crippen LogP contribution in [0.5, 0.6) is 5.75 Å². The summed E-state index contributed by atoms with van der Waals surface area (Å²) in [5.74, 6) is 1.42. The number of benzene rings is 1. The molecule has 0 aliphatic carbocycles. The zero-order valence-electron chi connectivity index (χ0n) is 14.3. The highest BCUT2D eigenvalue weighted by atomic mass is 32.2. The number of nitrogens with one attached hydrogen (secondary N) is 2. The summed E-state index contributed by atoms with van der Waals surface area (Å²) in [5.41, 5.74) is 0.913. The molecule has 1 fully saturated rings. The van der Waals surface area contributed by atoms with E-state index in [1.807, 2.05) is 31.2 Å². The normalized spacial score (nSPS) is 18.1. The van der Waals surface area contributed by atoms with Crippen molar-refractivity contribution >= 4 is 17.7 Å². The predicted molar refractivity (Wildman–Crippen MR) is 95.7 cm³/mol. The van der Waals surface area contributed by atoms with Gasteiger partial charge in [0.2, 0.25) is 11.1 Å². The molecule has 0 bridgehead atoms. The molecule has 1 aliphatic rings. The molecule has 2 aromatic rings. The van der Waals surface area contributed by atoms with Crippen molar-refractivity contribution < 1.29 is 14.3 Å². The number of aromatic amines is 1. The van der Waals surface area contributed by atoms with Crippen molar-refractivity contribution in [3.8, 4) is 17.1 Å². The summed E-state index contributed by atoms with van der Waals surface area (Å²) >= 11 is 1.33. The zero-order valence-corrected chi connectivity index (χ0v) is 15.1. The van der Waals surface area contributed by atoms with Crippen LogP contribution in [0.4, 0.5) is 0 Å². The fourth-order valence-corrected chi connectivity index (χ4v) is 3.30. The van der Waals surface area contributed by atoms with Gasteiger partial charge in [-0.2, -0.15) is 0 Å². The van der Waals surface area contributed by atoms with Crippen LogP contribution in [0.1, 0.15) is 19.8 Å². The Hall–Kier alpha value is -2.06. The van der Waals surface area contributed by atoms with Gasteiger partial charge in [0.25, 0.3) is 0 Å². The third-order valence-corrected chi connectivity index (χ3v) is 4.97. The minimum absolute atomic E-state index is 0.0312. The van der Waals surface area contributed by atoms with Crippen molar-refractivity contribution in [3.63, 3.8) is 0 Å². The van der Waals surface area contributed by atoms with Gasteiger partial charge < -0.3 is 14.8 Å². The van der Waals surface area contributed by atoms with E-state index in [2.05, 4.69) is 20.5 Å². The van der Waals surface area contributed by atoms with Gasteiger partial charge in [0, 0.05) is 18.7 Å². The van der Waals surface area contributed by atoms with Crippen LogP contribution in [0.2, 0.25) is 0 Å². The summed E-state index contributed by atoms with van der Waals surface area (Å²) in [7, 11) is 1.63. The van der Waals surface area contributed by atoms with Crippen molar-refractivity contribution in [2.45, 2.75) is 36.3 Å². The van der Waals surface area contributed by atoms with Gasteiger partial charge in [-0.15, -0.1) is 5.10 Å². The predicted octanol–water partition coefficient (Wildman–Crippen LogP) is 2.26. The standard InChI is InChI=1S/C17H22N4O3S/c1-11(16(22)18-10-14-4-3-9-24-14)25-17-19-15(20-21-17)12-5-7-13(23-2)8-6-12/h5-8,11,14H,3-4,9-10H2,1-2H3,(H,18,22)(H,19,20,21)/t11-,14+/m0/s1. The summed E-state index contributed by atoms with van der Waals surface area (Å²) in [6, 6.07) is 7.55. The van der Waals surface area contributed by atoms with E-state index in [9.17, 15) is 4.79 Å². The largest absolute Gasteiger partial charge is 0.497 e. The molecule has 7 nitrogen and oxygen atoms in total. The number of hydrogen-bond acceptors (Lipinski definition) is 6. The highest BCUT2D eigenvalue weighted by Gasteiger charge is 2.20. The summed E-state index contributed by atoms with van der Waals surface area (Å²) in [6.45, 7) is 3.20. The first-order chi connectivity index (χ1) is 12.2. The molecular formula is C17H22N4O3S. The minimum atomic E-state index is -0.277. The maximum absolute atomic E-state index is 12.2. The van der Waals surface area contributed by atoms with E-state index in [1.165, 1.54) is 11.8 Å². The third-order valence-electron chi connectivity index (χ3n) is 4.01. The number of carbonyl (C=O) groups is 1. The van der Waals surface area contributed by atoms with Gasteiger partial charge in [-0.05, 0) is 44.0 Å². The van der Waals surface area contributed by atoms with Crippen LogP contribution in [0, 0.1) is 0 Å². The van der Waals surface area contributed by atoms with Gasteiger partial charge in [0.1, 0.15) is 5.75 Å². The number of nitrogens with zero attached hydrogens (tertiary/aromatic N) is 2. The molecule has 1 aliphatic heterocycles. The zero-order chi connectivity index (χ0) is 17.6. The van der Waals surface area contributed by atoms with Crippen molar-refractivity contribution in [3.05, 3.63) is 24.3 Å². The fourth-order valence-electron chi connectivity index (χ4n) is 2.55. The lowest BCUT2D eigenvalue weighted by Crippen LogP contribution is -2.36. The number of hydrogen-bond donors (Lipinski definition) is 2. The van der Waals surface area contributed by atoms with Crippen LogP contribution in [0.3, 0.4) is 0 Å². The van der Waals surface area contributed by atoms with E-state index in [0.717, 1.165) is 30.8 Å². The van der Waals surface area contributed by atoms with E-state index in [0.29, 0.717) is 17.5 Å².